The fourth-order valence-corrected chi connectivity index (χ4v) is 2.00. The third-order valence-electron chi connectivity index (χ3n) is 3.82. The molecule has 0 saturated heterocycles. The van der Waals surface area contributed by atoms with Gasteiger partial charge in [-0.05, 0) is 44.0 Å². The molecule has 2 unspecified atom stereocenters. The van der Waals surface area contributed by atoms with E-state index in [1.807, 2.05) is 5.32 Å². The fraction of sp³-hybridized carbons (Fsp3) is 0.368. The van der Waals surface area contributed by atoms with Gasteiger partial charge in [0.25, 0.3) is 18.2 Å². The minimum atomic E-state index is -3.32. The highest BCUT2D eigenvalue weighted by molar-refractivity contribution is 5.97. The lowest BCUT2D eigenvalue weighted by Gasteiger charge is -2.30. The number of hydrogen-bond donors (Lipinski definition) is 4. The molecule has 1 aliphatic carbocycles. The molecule has 2 amide bonds. The number of aliphatic hydroxyl groups is 1. The summed E-state index contributed by atoms with van der Waals surface area (Å²) in [6.07, 6.45) is -1.15. The van der Waals surface area contributed by atoms with Gasteiger partial charge >= 0.3 is 0 Å². The summed E-state index contributed by atoms with van der Waals surface area (Å²) in [7, 11) is 0. The second kappa shape index (κ2) is 9.80. The Morgan fingerprint density at radius 2 is 1.81 bits per heavy atom. The molecule has 2 rings (SSSR count). The Labute approximate surface area is 156 Å². The van der Waals surface area contributed by atoms with Gasteiger partial charge in [0.05, 0.1) is 0 Å². The van der Waals surface area contributed by atoms with Crippen molar-refractivity contribution in [3.63, 3.8) is 0 Å². The number of amides is 2. The molecule has 1 aliphatic rings. The monoisotopic (exact) mass is 380 g/mol. The Hall–Kier alpha value is -2.76. The Bertz CT molecular complexity index is 719. The van der Waals surface area contributed by atoms with Crippen molar-refractivity contribution < 1.29 is 28.7 Å². The molecule has 6 nitrogen and oxygen atoms in total. The van der Waals surface area contributed by atoms with Gasteiger partial charge in [-0.2, -0.15) is 0 Å². The van der Waals surface area contributed by atoms with Crippen molar-refractivity contribution in [1.82, 2.24) is 10.8 Å². The predicted molar refractivity (Wildman–Crippen MR) is 95.1 cm³/mol. The van der Waals surface area contributed by atoms with Crippen LogP contribution in [0.1, 0.15) is 35.7 Å². The van der Waals surface area contributed by atoms with Crippen molar-refractivity contribution in [2.24, 2.45) is 5.92 Å². The number of hydroxylamine groups is 1. The molecule has 0 spiro atoms. The van der Waals surface area contributed by atoms with E-state index in [0.717, 1.165) is 18.3 Å². The van der Waals surface area contributed by atoms with Gasteiger partial charge in [0.1, 0.15) is 6.04 Å². The number of carbonyl (C=O) groups is 2. The maximum absolute atomic E-state index is 12.9. The van der Waals surface area contributed by atoms with Crippen LogP contribution in [0.5, 0.6) is 0 Å². The number of benzene rings is 1. The Morgan fingerprint density at radius 1 is 1.26 bits per heavy atom. The number of alkyl halides is 2. The van der Waals surface area contributed by atoms with Gasteiger partial charge in [-0.3, -0.25) is 14.8 Å². The topological polar surface area (TPSA) is 98.7 Å². The quantitative estimate of drug-likeness (QED) is 0.271. The zero-order valence-electron chi connectivity index (χ0n) is 14.8. The molecule has 146 valence electrons. The lowest BCUT2D eigenvalue weighted by Crippen LogP contribution is -2.61. The summed E-state index contributed by atoms with van der Waals surface area (Å²) in [4.78, 5) is 23.7. The van der Waals surface area contributed by atoms with Crippen LogP contribution in [-0.4, -0.2) is 40.2 Å². The van der Waals surface area contributed by atoms with Crippen molar-refractivity contribution in [2.45, 2.75) is 37.8 Å². The lowest BCUT2D eigenvalue weighted by molar-refractivity contribution is -0.149. The van der Waals surface area contributed by atoms with E-state index in [9.17, 15) is 23.5 Å². The van der Waals surface area contributed by atoms with Crippen molar-refractivity contribution >= 4 is 11.8 Å². The van der Waals surface area contributed by atoms with Crippen LogP contribution < -0.4 is 10.8 Å². The van der Waals surface area contributed by atoms with E-state index in [1.54, 1.807) is 12.1 Å². The highest BCUT2D eigenvalue weighted by atomic mass is 19.3. The van der Waals surface area contributed by atoms with Crippen LogP contribution in [0.3, 0.4) is 0 Å². The van der Waals surface area contributed by atoms with E-state index in [-0.39, 0.29) is 5.56 Å². The van der Waals surface area contributed by atoms with E-state index in [2.05, 4.69) is 25.0 Å². The number of halogens is 2. The van der Waals surface area contributed by atoms with Crippen molar-refractivity contribution in [3.05, 3.63) is 48.6 Å². The molecule has 1 fully saturated rings. The van der Waals surface area contributed by atoms with Crippen LogP contribution >= 0.6 is 0 Å². The molecule has 1 aromatic rings. The molecule has 0 radical (unpaired) electrons. The first kappa shape index (κ1) is 22.3. The van der Waals surface area contributed by atoms with E-state index in [1.165, 1.54) is 12.1 Å². The van der Waals surface area contributed by atoms with E-state index in [4.69, 9.17) is 5.21 Å². The van der Waals surface area contributed by atoms with E-state index < -0.39 is 29.9 Å². The van der Waals surface area contributed by atoms with Gasteiger partial charge in [0.2, 0.25) is 0 Å². The zero-order chi connectivity index (χ0) is 20.6. The number of rotatable bonds is 5. The Kier molecular flexibility index (Phi) is 8.09. The zero-order valence-corrected chi connectivity index (χ0v) is 14.8. The maximum atomic E-state index is 12.9. The molecule has 27 heavy (non-hydrogen) atoms. The molecule has 0 aromatic heterocycles. The van der Waals surface area contributed by atoms with Crippen molar-refractivity contribution in [2.75, 3.05) is 0 Å². The van der Waals surface area contributed by atoms with Crippen LogP contribution in [0.25, 0.3) is 0 Å². The van der Waals surface area contributed by atoms with Crippen LogP contribution in [0, 0.1) is 17.8 Å². The highest BCUT2D eigenvalue weighted by Crippen LogP contribution is 2.27. The molecular formula is C19H22F2N2O4. The van der Waals surface area contributed by atoms with Gasteiger partial charge in [-0.25, -0.2) is 14.3 Å². The van der Waals surface area contributed by atoms with Crippen LogP contribution in [0.4, 0.5) is 8.78 Å². The first-order valence-electron chi connectivity index (χ1n) is 8.12. The summed E-state index contributed by atoms with van der Waals surface area (Å²) >= 11 is 0. The third kappa shape index (κ3) is 6.16. The molecule has 1 aromatic carbocycles. The largest absolute Gasteiger partial charge is 0.381 e. The SMILES string of the molecule is C=C.CC(O)(C(F)F)C(NC(=O)c1ccc(C#CC2CC2)cc1)C(=O)NO. The fourth-order valence-electron chi connectivity index (χ4n) is 2.00. The highest BCUT2D eigenvalue weighted by Gasteiger charge is 2.46. The number of hydrogen-bond acceptors (Lipinski definition) is 4. The number of carbonyl (C=O) groups excluding carboxylic acids is 2. The average molecular weight is 380 g/mol. The van der Waals surface area contributed by atoms with Crippen molar-refractivity contribution in [3.8, 4) is 11.8 Å². The van der Waals surface area contributed by atoms with Gasteiger partial charge < -0.3 is 10.4 Å². The summed E-state index contributed by atoms with van der Waals surface area (Å²) in [6, 6.07) is 4.00. The van der Waals surface area contributed by atoms with Gasteiger partial charge in [0, 0.05) is 17.0 Å². The van der Waals surface area contributed by atoms with Crippen molar-refractivity contribution in [1.29, 1.82) is 0 Å². The Balaban J connectivity index is 0.00000176. The second-order valence-electron chi connectivity index (χ2n) is 6.03. The molecule has 1 saturated carbocycles. The van der Waals surface area contributed by atoms with Gasteiger partial charge in [-0.15, -0.1) is 13.2 Å². The van der Waals surface area contributed by atoms with Crippen LogP contribution in [-0.2, 0) is 4.79 Å². The standard InChI is InChI=1S/C17H18F2N2O4.C2H4/c1-17(24,16(18)19)13(15(23)21-25)20-14(22)12-8-6-11(7-9-12)5-4-10-2-3-10;1-2/h6-10,13,16,24-25H,2-3H2,1H3,(H,20,22)(H,21,23);1-2H2. The first-order chi connectivity index (χ1) is 12.8. The predicted octanol–water partition coefficient (Wildman–Crippen LogP) is 1.87. The lowest BCUT2D eigenvalue weighted by atomic mass is 9.95. The second-order valence-corrected chi connectivity index (χ2v) is 6.03. The first-order valence-corrected chi connectivity index (χ1v) is 8.12. The summed E-state index contributed by atoms with van der Waals surface area (Å²) in [5.41, 5.74) is -0.906. The normalized spacial score (nSPS) is 15.9. The molecule has 0 aliphatic heterocycles. The summed E-state index contributed by atoms with van der Waals surface area (Å²) < 4.78 is 25.9. The van der Waals surface area contributed by atoms with E-state index >= 15 is 0 Å². The molecule has 2 atom stereocenters. The van der Waals surface area contributed by atoms with Gasteiger partial charge in [-0.1, -0.05) is 11.8 Å². The maximum Gasteiger partial charge on any atom is 0.269 e. The average Bonchev–Trinajstić information content (AvgIpc) is 3.50. The summed E-state index contributed by atoms with van der Waals surface area (Å²) in [5.74, 6) is 4.24. The molecule has 0 bridgehead atoms. The minimum Gasteiger partial charge on any atom is -0.381 e. The van der Waals surface area contributed by atoms with Crippen LogP contribution in [0.2, 0.25) is 0 Å². The molecule has 4 N–H and O–H groups in total. The molecular weight excluding hydrogens is 358 g/mol. The molecule has 0 heterocycles. The van der Waals surface area contributed by atoms with Gasteiger partial charge in [0.15, 0.2) is 5.60 Å². The Morgan fingerprint density at radius 3 is 2.26 bits per heavy atom. The third-order valence-corrected chi connectivity index (χ3v) is 3.82. The minimum absolute atomic E-state index is 0.0952. The smallest absolute Gasteiger partial charge is 0.269 e. The van der Waals surface area contributed by atoms with E-state index in [0.29, 0.717) is 18.4 Å². The number of nitrogens with one attached hydrogen (secondary N) is 2. The van der Waals surface area contributed by atoms with Crippen LogP contribution in [0.15, 0.2) is 37.4 Å². The summed E-state index contributed by atoms with van der Waals surface area (Å²) in [6.45, 7) is 6.69. The summed E-state index contributed by atoms with van der Waals surface area (Å²) in [5, 5.41) is 20.4. The molecule has 8 heteroatoms.